The number of aryl methyl sites for hydroxylation is 1. The Balaban J connectivity index is 2.37. The van der Waals surface area contributed by atoms with Crippen molar-refractivity contribution >= 4 is 23.6 Å². The van der Waals surface area contributed by atoms with E-state index < -0.39 is 0 Å². The molecular weight excluding hydrogens is 248 g/mol. The van der Waals surface area contributed by atoms with Gasteiger partial charge in [-0.15, -0.1) is 5.10 Å². The second-order valence-electron chi connectivity index (χ2n) is 3.72. The molecule has 1 heterocycles. The number of nitrogens with zero attached hydrogens (tertiary/aromatic N) is 3. The van der Waals surface area contributed by atoms with Gasteiger partial charge >= 0.3 is 0 Å². The van der Waals surface area contributed by atoms with Crippen molar-refractivity contribution < 1.29 is 4.79 Å². The Morgan fingerprint density at radius 2 is 2.17 bits per heavy atom. The summed E-state index contributed by atoms with van der Waals surface area (Å²) in [5.41, 5.74) is 7.19. The first-order valence-corrected chi connectivity index (χ1v) is 6.57. The number of nitrogen functional groups attached to an aromatic ring is 1. The van der Waals surface area contributed by atoms with Crippen LogP contribution in [0.5, 0.6) is 0 Å². The number of carbonyl (C=O) groups excluding carboxylic acids is 1. The van der Waals surface area contributed by atoms with Crippen molar-refractivity contribution in [3.05, 3.63) is 35.4 Å². The minimum atomic E-state index is -0.249. The first kappa shape index (κ1) is 12.6. The van der Waals surface area contributed by atoms with Gasteiger partial charge in [-0.1, -0.05) is 36.9 Å². The van der Waals surface area contributed by atoms with E-state index in [1.165, 1.54) is 11.8 Å². The summed E-state index contributed by atoms with van der Waals surface area (Å²) in [6.07, 6.45) is 0. The van der Waals surface area contributed by atoms with Gasteiger partial charge in [-0.25, -0.2) is 0 Å². The Kier molecular flexibility index (Phi) is 3.66. The molecule has 0 saturated carbocycles. The number of benzene rings is 1. The van der Waals surface area contributed by atoms with E-state index >= 15 is 0 Å². The third-order valence-electron chi connectivity index (χ3n) is 2.45. The Labute approximate surface area is 109 Å². The fraction of sp³-hybridized carbons (Fsp3) is 0.250. The Morgan fingerprint density at radius 3 is 2.83 bits per heavy atom. The second kappa shape index (κ2) is 5.22. The van der Waals surface area contributed by atoms with Crippen LogP contribution in [-0.4, -0.2) is 26.4 Å². The highest BCUT2D eigenvalue weighted by molar-refractivity contribution is 7.99. The van der Waals surface area contributed by atoms with Crippen molar-refractivity contribution in [2.75, 3.05) is 11.5 Å². The molecule has 0 radical (unpaired) electrons. The maximum atomic E-state index is 12.3. The quantitative estimate of drug-likeness (QED) is 0.856. The molecule has 6 heteroatoms. The number of rotatable bonds is 3. The predicted octanol–water partition coefficient (Wildman–Crippen LogP) is 1.97. The van der Waals surface area contributed by atoms with Crippen LogP contribution in [0.15, 0.2) is 29.4 Å². The molecular formula is C12H14N4OS. The summed E-state index contributed by atoms with van der Waals surface area (Å²) < 4.78 is 1.15. The normalized spacial score (nSPS) is 10.6. The largest absolute Gasteiger partial charge is 0.368 e. The van der Waals surface area contributed by atoms with Crippen LogP contribution in [0.3, 0.4) is 0 Å². The lowest BCUT2D eigenvalue weighted by molar-refractivity contribution is 0.0946. The summed E-state index contributed by atoms with van der Waals surface area (Å²) in [6, 6.07) is 7.33. The zero-order chi connectivity index (χ0) is 13.1. The summed E-state index contributed by atoms with van der Waals surface area (Å²) in [4.78, 5) is 16.3. The molecule has 0 bridgehead atoms. The molecule has 0 aliphatic carbocycles. The van der Waals surface area contributed by atoms with E-state index in [4.69, 9.17) is 5.73 Å². The van der Waals surface area contributed by atoms with Gasteiger partial charge in [-0.3, -0.25) is 4.79 Å². The number of nitrogens with two attached hydrogens (primary N) is 1. The minimum absolute atomic E-state index is 0.124. The molecule has 0 atom stereocenters. The van der Waals surface area contributed by atoms with E-state index in [0.29, 0.717) is 10.7 Å². The topological polar surface area (TPSA) is 73.8 Å². The molecule has 0 amide bonds. The molecule has 18 heavy (non-hydrogen) atoms. The van der Waals surface area contributed by atoms with Gasteiger partial charge < -0.3 is 5.73 Å². The maximum absolute atomic E-state index is 12.3. The summed E-state index contributed by atoms with van der Waals surface area (Å²) in [5, 5.41) is 4.64. The highest BCUT2D eigenvalue weighted by atomic mass is 32.2. The molecule has 0 fully saturated rings. The van der Waals surface area contributed by atoms with Crippen LogP contribution in [0.1, 0.15) is 22.8 Å². The molecule has 0 spiro atoms. The highest BCUT2D eigenvalue weighted by Crippen LogP contribution is 2.16. The van der Waals surface area contributed by atoms with Gasteiger partial charge in [-0.05, 0) is 24.3 Å². The third-order valence-corrected chi connectivity index (χ3v) is 3.17. The Bertz CT molecular complexity index is 579. The van der Waals surface area contributed by atoms with E-state index in [0.717, 1.165) is 16.0 Å². The Morgan fingerprint density at radius 1 is 1.44 bits per heavy atom. The first-order valence-electron chi connectivity index (χ1n) is 5.59. The van der Waals surface area contributed by atoms with Gasteiger partial charge in [0.15, 0.2) is 0 Å². The lowest BCUT2D eigenvalue weighted by Gasteiger charge is -2.04. The molecule has 2 rings (SSSR count). The molecule has 1 aromatic heterocycles. The van der Waals surface area contributed by atoms with Crippen molar-refractivity contribution in [1.29, 1.82) is 0 Å². The number of aromatic nitrogens is 3. The van der Waals surface area contributed by atoms with Crippen molar-refractivity contribution in [1.82, 2.24) is 14.8 Å². The SMILES string of the molecule is CCSc1nc(N)n(C(=O)c2ccccc2C)n1. The zero-order valence-electron chi connectivity index (χ0n) is 10.3. The molecule has 0 aliphatic rings. The number of thioether (sulfide) groups is 1. The first-order chi connectivity index (χ1) is 8.63. The minimum Gasteiger partial charge on any atom is -0.368 e. The highest BCUT2D eigenvalue weighted by Gasteiger charge is 2.17. The third kappa shape index (κ3) is 2.38. The molecule has 2 aromatic rings. The number of hydrogen-bond acceptors (Lipinski definition) is 5. The van der Waals surface area contributed by atoms with Gasteiger partial charge in [0.05, 0.1) is 0 Å². The van der Waals surface area contributed by atoms with Gasteiger partial charge in [0.2, 0.25) is 11.1 Å². The molecule has 94 valence electrons. The smallest absolute Gasteiger partial charge is 0.281 e. The summed E-state index contributed by atoms with van der Waals surface area (Å²) in [5.74, 6) is 0.711. The monoisotopic (exact) mass is 262 g/mol. The lowest BCUT2D eigenvalue weighted by Crippen LogP contribution is -2.17. The fourth-order valence-corrected chi connectivity index (χ4v) is 2.13. The van der Waals surface area contributed by atoms with Gasteiger partial charge in [0, 0.05) is 5.56 Å². The number of carbonyl (C=O) groups is 1. The van der Waals surface area contributed by atoms with Crippen LogP contribution in [0.2, 0.25) is 0 Å². The average Bonchev–Trinajstić information content (AvgIpc) is 2.71. The van der Waals surface area contributed by atoms with E-state index in [-0.39, 0.29) is 11.9 Å². The van der Waals surface area contributed by atoms with Gasteiger partial charge in [0.1, 0.15) is 0 Å². The second-order valence-corrected chi connectivity index (χ2v) is 4.95. The number of anilines is 1. The van der Waals surface area contributed by atoms with Gasteiger partial charge in [0.25, 0.3) is 5.91 Å². The van der Waals surface area contributed by atoms with Crippen molar-refractivity contribution in [2.45, 2.75) is 19.0 Å². The zero-order valence-corrected chi connectivity index (χ0v) is 11.1. The fourth-order valence-electron chi connectivity index (χ4n) is 1.57. The summed E-state index contributed by atoms with van der Waals surface area (Å²) >= 11 is 1.45. The standard InChI is InChI=1S/C12H14N4OS/c1-3-18-12-14-11(13)16(15-12)10(17)9-7-5-4-6-8(9)2/h4-7H,3H2,1-2H3,(H2,13,14,15). The van der Waals surface area contributed by atoms with Crippen molar-refractivity contribution in [2.24, 2.45) is 0 Å². The van der Waals surface area contributed by atoms with Crippen LogP contribution in [-0.2, 0) is 0 Å². The summed E-state index contributed by atoms with van der Waals surface area (Å²) in [6.45, 7) is 3.87. The molecule has 2 N–H and O–H groups in total. The number of hydrogen-bond donors (Lipinski definition) is 1. The molecule has 0 saturated heterocycles. The van der Waals surface area contributed by atoms with E-state index in [1.54, 1.807) is 6.07 Å². The van der Waals surface area contributed by atoms with Crippen LogP contribution < -0.4 is 5.73 Å². The van der Waals surface area contributed by atoms with Crippen molar-refractivity contribution in [3.63, 3.8) is 0 Å². The van der Waals surface area contributed by atoms with Gasteiger partial charge in [-0.2, -0.15) is 9.67 Å². The molecule has 1 aromatic carbocycles. The van der Waals surface area contributed by atoms with Crippen LogP contribution in [0.4, 0.5) is 5.95 Å². The predicted molar refractivity (Wildman–Crippen MR) is 71.7 cm³/mol. The van der Waals surface area contributed by atoms with Crippen LogP contribution >= 0.6 is 11.8 Å². The maximum Gasteiger partial charge on any atom is 0.281 e. The Hall–Kier alpha value is -1.82. The average molecular weight is 262 g/mol. The van der Waals surface area contributed by atoms with Crippen LogP contribution in [0.25, 0.3) is 0 Å². The molecule has 0 unspecified atom stereocenters. The van der Waals surface area contributed by atoms with E-state index in [9.17, 15) is 4.79 Å². The van der Waals surface area contributed by atoms with E-state index in [2.05, 4.69) is 10.1 Å². The summed E-state index contributed by atoms with van der Waals surface area (Å²) in [7, 11) is 0. The van der Waals surface area contributed by atoms with E-state index in [1.807, 2.05) is 32.0 Å². The van der Waals surface area contributed by atoms with Crippen molar-refractivity contribution in [3.8, 4) is 0 Å². The molecule has 0 aliphatic heterocycles. The van der Waals surface area contributed by atoms with Crippen LogP contribution in [0, 0.1) is 6.92 Å². The lowest BCUT2D eigenvalue weighted by atomic mass is 10.1. The molecule has 5 nitrogen and oxygen atoms in total.